The highest BCUT2D eigenvalue weighted by molar-refractivity contribution is 5.93. The number of ether oxygens (including phenoxy) is 2. The molecule has 0 atom stereocenters. The first-order chi connectivity index (χ1) is 13.7. The summed E-state index contributed by atoms with van der Waals surface area (Å²) in [5, 5.41) is 6.05. The van der Waals surface area contributed by atoms with Crippen molar-refractivity contribution in [2.24, 2.45) is 0 Å². The number of carbonyl (C=O) groups excluding carboxylic acids is 1. The van der Waals surface area contributed by atoms with Gasteiger partial charge in [0.2, 0.25) is 0 Å². The predicted molar refractivity (Wildman–Crippen MR) is 107 cm³/mol. The van der Waals surface area contributed by atoms with Gasteiger partial charge in [-0.05, 0) is 42.0 Å². The zero-order valence-corrected chi connectivity index (χ0v) is 15.8. The number of carbonyl (C=O) groups is 1. The Hall–Kier alpha value is -3.61. The lowest BCUT2D eigenvalue weighted by Crippen LogP contribution is -2.23. The van der Waals surface area contributed by atoms with Crippen LogP contribution in [0.5, 0.6) is 11.5 Å². The standard InChI is InChI=1S/C21H22N4O3/c1-27-18-8-6-15(11-19(18)28-2)12-23-20-9-7-16(13-24-20)21(26)25-14-17-5-3-4-10-22-17/h3-11,13H,12,14H2,1-2H3,(H,23,24)(H,25,26). The molecule has 0 unspecified atom stereocenters. The van der Waals surface area contributed by atoms with Gasteiger partial charge in [0.05, 0.1) is 32.0 Å². The average molecular weight is 378 g/mol. The maximum Gasteiger partial charge on any atom is 0.253 e. The molecule has 2 heterocycles. The van der Waals surface area contributed by atoms with Gasteiger partial charge < -0.3 is 20.1 Å². The number of benzene rings is 1. The number of aromatic nitrogens is 2. The van der Waals surface area contributed by atoms with Crippen LogP contribution in [0, 0.1) is 0 Å². The number of rotatable bonds is 8. The fourth-order valence-electron chi connectivity index (χ4n) is 2.59. The van der Waals surface area contributed by atoms with Gasteiger partial charge in [0.1, 0.15) is 5.82 Å². The number of pyridine rings is 2. The normalized spacial score (nSPS) is 10.2. The lowest BCUT2D eigenvalue weighted by Gasteiger charge is -2.11. The van der Waals surface area contributed by atoms with Crippen molar-refractivity contribution in [1.29, 1.82) is 0 Å². The van der Waals surface area contributed by atoms with Crippen LogP contribution in [0.4, 0.5) is 5.82 Å². The van der Waals surface area contributed by atoms with E-state index in [-0.39, 0.29) is 5.91 Å². The van der Waals surface area contributed by atoms with Crippen LogP contribution >= 0.6 is 0 Å². The smallest absolute Gasteiger partial charge is 0.253 e. The maximum absolute atomic E-state index is 12.2. The zero-order chi connectivity index (χ0) is 19.8. The third-order valence-electron chi connectivity index (χ3n) is 4.10. The van der Waals surface area contributed by atoms with E-state index >= 15 is 0 Å². The van der Waals surface area contributed by atoms with Gasteiger partial charge in [-0.2, -0.15) is 0 Å². The molecule has 3 aromatic rings. The number of amides is 1. The van der Waals surface area contributed by atoms with Gasteiger partial charge in [0.15, 0.2) is 11.5 Å². The predicted octanol–water partition coefficient (Wildman–Crippen LogP) is 3.04. The molecule has 1 amide bonds. The van der Waals surface area contributed by atoms with E-state index in [9.17, 15) is 4.79 Å². The Balaban J connectivity index is 1.55. The fourth-order valence-corrected chi connectivity index (χ4v) is 2.59. The average Bonchev–Trinajstić information content (AvgIpc) is 2.76. The molecule has 144 valence electrons. The first-order valence-corrected chi connectivity index (χ1v) is 8.78. The first-order valence-electron chi connectivity index (χ1n) is 8.78. The van der Waals surface area contributed by atoms with Crippen molar-refractivity contribution in [2.45, 2.75) is 13.1 Å². The Morgan fingerprint density at radius 2 is 1.82 bits per heavy atom. The van der Waals surface area contributed by atoms with E-state index in [1.54, 1.807) is 38.7 Å². The second-order valence-corrected chi connectivity index (χ2v) is 5.98. The summed E-state index contributed by atoms with van der Waals surface area (Å²) in [6.07, 6.45) is 3.24. The van der Waals surface area contributed by atoms with Crippen molar-refractivity contribution in [1.82, 2.24) is 15.3 Å². The number of nitrogens with zero attached hydrogens (tertiary/aromatic N) is 2. The molecular formula is C21H22N4O3. The summed E-state index contributed by atoms with van der Waals surface area (Å²) >= 11 is 0. The molecule has 0 fully saturated rings. The lowest BCUT2D eigenvalue weighted by molar-refractivity contribution is 0.0950. The largest absolute Gasteiger partial charge is 0.493 e. The van der Waals surface area contributed by atoms with Crippen molar-refractivity contribution in [3.8, 4) is 11.5 Å². The van der Waals surface area contributed by atoms with E-state index in [1.165, 1.54) is 0 Å². The van der Waals surface area contributed by atoms with Crippen molar-refractivity contribution in [3.05, 3.63) is 77.7 Å². The number of hydrogen-bond donors (Lipinski definition) is 2. The highest BCUT2D eigenvalue weighted by Crippen LogP contribution is 2.27. The van der Waals surface area contributed by atoms with Crippen LogP contribution < -0.4 is 20.1 Å². The molecular weight excluding hydrogens is 356 g/mol. The lowest BCUT2D eigenvalue weighted by atomic mass is 10.2. The van der Waals surface area contributed by atoms with Gasteiger partial charge in [-0.15, -0.1) is 0 Å². The fraction of sp³-hybridized carbons (Fsp3) is 0.190. The monoisotopic (exact) mass is 378 g/mol. The summed E-state index contributed by atoms with van der Waals surface area (Å²) in [7, 11) is 3.21. The Morgan fingerprint density at radius 3 is 2.50 bits per heavy atom. The molecule has 0 aliphatic rings. The third-order valence-corrected chi connectivity index (χ3v) is 4.10. The summed E-state index contributed by atoms with van der Waals surface area (Å²) in [5.74, 6) is 1.85. The van der Waals surface area contributed by atoms with Gasteiger partial charge in [-0.1, -0.05) is 12.1 Å². The van der Waals surface area contributed by atoms with E-state index in [0.717, 1.165) is 11.3 Å². The van der Waals surface area contributed by atoms with Gasteiger partial charge >= 0.3 is 0 Å². The van der Waals surface area contributed by atoms with Crippen molar-refractivity contribution < 1.29 is 14.3 Å². The SMILES string of the molecule is COc1ccc(CNc2ccc(C(=O)NCc3ccccn3)cn2)cc1OC. The Morgan fingerprint density at radius 1 is 0.964 bits per heavy atom. The summed E-state index contributed by atoms with van der Waals surface area (Å²) in [4.78, 5) is 20.7. The highest BCUT2D eigenvalue weighted by Gasteiger charge is 2.07. The maximum atomic E-state index is 12.2. The van der Waals surface area contributed by atoms with Crippen LogP contribution in [-0.2, 0) is 13.1 Å². The zero-order valence-electron chi connectivity index (χ0n) is 15.8. The van der Waals surface area contributed by atoms with Crippen LogP contribution in [0.1, 0.15) is 21.6 Å². The summed E-state index contributed by atoms with van der Waals surface area (Å²) in [6, 6.07) is 14.8. The van der Waals surface area contributed by atoms with Gasteiger partial charge in [0.25, 0.3) is 5.91 Å². The molecule has 0 saturated carbocycles. The minimum absolute atomic E-state index is 0.190. The molecule has 1 aromatic carbocycles. The molecule has 0 saturated heterocycles. The molecule has 0 radical (unpaired) electrons. The molecule has 2 aromatic heterocycles. The van der Waals surface area contributed by atoms with Crippen LogP contribution in [-0.4, -0.2) is 30.1 Å². The van der Waals surface area contributed by atoms with Crippen LogP contribution in [0.3, 0.4) is 0 Å². The minimum atomic E-state index is -0.190. The topological polar surface area (TPSA) is 85.4 Å². The van der Waals surface area contributed by atoms with Crippen molar-refractivity contribution in [3.63, 3.8) is 0 Å². The molecule has 7 nitrogen and oxygen atoms in total. The van der Waals surface area contributed by atoms with E-state index in [0.29, 0.717) is 36.0 Å². The molecule has 2 N–H and O–H groups in total. The Bertz CT molecular complexity index is 915. The molecule has 0 aliphatic heterocycles. The van der Waals surface area contributed by atoms with Gasteiger partial charge in [-0.3, -0.25) is 9.78 Å². The Labute approximate surface area is 163 Å². The molecule has 3 rings (SSSR count). The van der Waals surface area contributed by atoms with Gasteiger partial charge in [-0.25, -0.2) is 4.98 Å². The molecule has 0 spiro atoms. The van der Waals surface area contributed by atoms with E-state index in [4.69, 9.17) is 9.47 Å². The Kier molecular flexibility index (Phi) is 6.41. The van der Waals surface area contributed by atoms with Crippen LogP contribution in [0.15, 0.2) is 60.9 Å². The quantitative estimate of drug-likeness (QED) is 0.627. The summed E-state index contributed by atoms with van der Waals surface area (Å²) in [6.45, 7) is 0.942. The van der Waals surface area contributed by atoms with Gasteiger partial charge in [0, 0.05) is 18.9 Å². The minimum Gasteiger partial charge on any atom is -0.493 e. The highest BCUT2D eigenvalue weighted by atomic mass is 16.5. The van der Waals surface area contributed by atoms with Crippen molar-refractivity contribution >= 4 is 11.7 Å². The number of nitrogens with one attached hydrogen (secondary N) is 2. The second kappa shape index (κ2) is 9.36. The van der Waals surface area contributed by atoms with E-state index in [2.05, 4.69) is 20.6 Å². The van der Waals surface area contributed by atoms with Crippen LogP contribution in [0.2, 0.25) is 0 Å². The van der Waals surface area contributed by atoms with Crippen LogP contribution in [0.25, 0.3) is 0 Å². The molecule has 0 bridgehead atoms. The molecule has 0 aliphatic carbocycles. The first kappa shape index (κ1) is 19.2. The number of anilines is 1. The number of hydrogen-bond acceptors (Lipinski definition) is 6. The third kappa shape index (κ3) is 4.97. The molecule has 7 heteroatoms. The van der Waals surface area contributed by atoms with E-state index in [1.807, 2.05) is 36.4 Å². The van der Waals surface area contributed by atoms with Crippen molar-refractivity contribution in [2.75, 3.05) is 19.5 Å². The summed E-state index contributed by atoms with van der Waals surface area (Å²) < 4.78 is 10.5. The summed E-state index contributed by atoms with van der Waals surface area (Å²) in [5.41, 5.74) is 2.32. The van der Waals surface area contributed by atoms with E-state index < -0.39 is 0 Å². The second-order valence-electron chi connectivity index (χ2n) is 5.98. The number of methoxy groups -OCH3 is 2. The molecule has 28 heavy (non-hydrogen) atoms.